The molecule has 0 amide bonds. The number of H-pyrrole nitrogens is 1. The number of aromatic amines is 1. The molecule has 2 heterocycles. The first-order valence-corrected chi connectivity index (χ1v) is 8.32. The summed E-state index contributed by atoms with van der Waals surface area (Å²) in [6, 6.07) is 10.1. The standard InChI is InChI=1S/C18H18N4OS/c1-12-15(13-7-5-4-6-8-13)16-17(24-12)18(23)21-14(20-16)11-22(3)10-9-19-2/h4-10H,2,11H2,1,3H3,(H,20,21,23)/b10-9-. The molecule has 0 spiro atoms. The van der Waals surface area contributed by atoms with E-state index in [0.29, 0.717) is 17.1 Å². The lowest BCUT2D eigenvalue weighted by Gasteiger charge is -2.12. The molecule has 0 saturated carbocycles. The maximum atomic E-state index is 12.4. The lowest BCUT2D eigenvalue weighted by Crippen LogP contribution is -2.17. The van der Waals surface area contributed by atoms with Gasteiger partial charge in [0.2, 0.25) is 0 Å². The smallest absolute Gasteiger partial charge is 0.268 e. The van der Waals surface area contributed by atoms with Crippen LogP contribution in [0.5, 0.6) is 0 Å². The number of aromatic nitrogens is 2. The van der Waals surface area contributed by atoms with Crippen LogP contribution in [0.15, 0.2) is 52.5 Å². The van der Waals surface area contributed by atoms with Crippen molar-refractivity contribution >= 4 is 28.3 Å². The molecular formula is C18H18N4OS. The quantitative estimate of drug-likeness (QED) is 0.724. The third-order valence-electron chi connectivity index (χ3n) is 3.66. The maximum Gasteiger partial charge on any atom is 0.268 e. The maximum absolute atomic E-state index is 12.4. The summed E-state index contributed by atoms with van der Waals surface area (Å²) >= 11 is 1.48. The first-order chi connectivity index (χ1) is 11.6. The molecule has 1 aromatic carbocycles. The van der Waals surface area contributed by atoms with Crippen molar-refractivity contribution in [2.75, 3.05) is 7.05 Å². The number of nitrogens with zero attached hydrogens (tertiary/aromatic N) is 3. The van der Waals surface area contributed by atoms with E-state index in [0.717, 1.165) is 21.5 Å². The van der Waals surface area contributed by atoms with Crippen LogP contribution < -0.4 is 5.56 Å². The molecule has 2 aromatic heterocycles. The predicted octanol–water partition coefficient (Wildman–Crippen LogP) is 3.56. The van der Waals surface area contributed by atoms with Crippen LogP contribution in [0.1, 0.15) is 10.7 Å². The summed E-state index contributed by atoms with van der Waals surface area (Å²) in [4.78, 5) is 26.7. The Bertz CT molecular complexity index is 956. The number of aliphatic imine (C=N–C) groups is 1. The number of nitrogens with one attached hydrogen (secondary N) is 1. The van der Waals surface area contributed by atoms with E-state index in [9.17, 15) is 4.79 Å². The van der Waals surface area contributed by atoms with Gasteiger partial charge in [0.25, 0.3) is 5.56 Å². The zero-order valence-electron chi connectivity index (χ0n) is 13.6. The molecule has 3 rings (SSSR count). The number of hydrogen-bond donors (Lipinski definition) is 1. The normalized spacial score (nSPS) is 11.2. The summed E-state index contributed by atoms with van der Waals surface area (Å²) in [6.07, 6.45) is 3.38. The average Bonchev–Trinajstić information content (AvgIpc) is 2.90. The summed E-state index contributed by atoms with van der Waals surface area (Å²) in [5.74, 6) is 0.624. The van der Waals surface area contributed by atoms with Crippen molar-refractivity contribution in [1.82, 2.24) is 14.9 Å². The zero-order chi connectivity index (χ0) is 17.1. The summed E-state index contributed by atoms with van der Waals surface area (Å²) < 4.78 is 0.668. The largest absolute Gasteiger partial charge is 0.372 e. The van der Waals surface area contributed by atoms with E-state index in [2.05, 4.69) is 16.7 Å². The average molecular weight is 338 g/mol. The molecule has 3 aromatic rings. The van der Waals surface area contributed by atoms with Gasteiger partial charge in [-0.2, -0.15) is 0 Å². The highest BCUT2D eigenvalue weighted by atomic mass is 32.1. The highest BCUT2D eigenvalue weighted by Crippen LogP contribution is 2.35. The van der Waals surface area contributed by atoms with Gasteiger partial charge < -0.3 is 9.88 Å². The lowest BCUT2D eigenvalue weighted by molar-refractivity contribution is 0.436. The summed E-state index contributed by atoms with van der Waals surface area (Å²) in [6.45, 7) is 5.92. The zero-order valence-corrected chi connectivity index (χ0v) is 14.4. The molecular weight excluding hydrogens is 320 g/mol. The second-order valence-corrected chi connectivity index (χ2v) is 6.71. The van der Waals surface area contributed by atoms with Crippen LogP contribution in [-0.2, 0) is 6.54 Å². The molecule has 0 aliphatic rings. The molecule has 122 valence electrons. The lowest BCUT2D eigenvalue weighted by atomic mass is 10.1. The van der Waals surface area contributed by atoms with Crippen molar-refractivity contribution in [3.05, 3.63) is 63.8 Å². The highest BCUT2D eigenvalue weighted by molar-refractivity contribution is 7.19. The Morgan fingerprint density at radius 1 is 1.38 bits per heavy atom. The minimum Gasteiger partial charge on any atom is -0.372 e. The van der Waals surface area contributed by atoms with Gasteiger partial charge in [-0.05, 0) is 19.2 Å². The Kier molecular flexibility index (Phi) is 4.57. The Morgan fingerprint density at radius 2 is 2.12 bits per heavy atom. The van der Waals surface area contributed by atoms with Crippen LogP contribution in [0, 0.1) is 6.92 Å². The van der Waals surface area contributed by atoms with Gasteiger partial charge in [0.05, 0.1) is 12.1 Å². The van der Waals surface area contributed by atoms with Gasteiger partial charge in [-0.3, -0.25) is 9.79 Å². The third kappa shape index (κ3) is 3.14. The molecule has 0 radical (unpaired) electrons. The van der Waals surface area contributed by atoms with Crippen LogP contribution in [0.3, 0.4) is 0 Å². The van der Waals surface area contributed by atoms with Crippen LogP contribution in [0.25, 0.3) is 21.3 Å². The van der Waals surface area contributed by atoms with Crippen molar-refractivity contribution in [3.8, 4) is 11.1 Å². The van der Waals surface area contributed by atoms with E-state index in [1.807, 2.05) is 49.2 Å². The Hall–Kier alpha value is -2.73. The number of benzene rings is 1. The van der Waals surface area contributed by atoms with E-state index in [4.69, 9.17) is 4.98 Å². The number of aryl methyl sites for hydroxylation is 1. The molecule has 5 nitrogen and oxygen atoms in total. The van der Waals surface area contributed by atoms with Gasteiger partial charge in [0.15, 0.2) is 0 Å². The molecule has 1 N–H and O–H groups in total. The van der Waals surface area contributed by atoms with Crippen molar-refractivity contribution in [1.29, 1.82) is 0 Å². The van der Waals surface area contributed by atoms with E-state index in [-0.39, 0.29) is 5.56 Å². The Labute approximate surface area is 144 Å². The minimum absolute atomic E-state index is 0.0930. The summed E-state index contributed by atoms with van der Waals surface area (Å²) in [7, 11) is 1.89. The number of fused-ring (bicyclic) bond motifs is 1. The van der Waals surface area contributed by atoms with E-state index in [1.54, 1.807) is 12.4 Å². The SMILES string of the molecule is C=N/C=C\N(C)Cc1nc2c(-c3ccccc3)c(C)sc2c(=O)[nH]1. The topological polar surface area (TPSA) is 61.4 Å². The molecule has 6 heteroatoms. The second kappa shape index (κ2) is 6.80. The molecule has 0 aliphatic heterocycles. The van der Waals surface area contributed by atoms with Crippen LogP contribution in [0.4, 0.5) is 0 Å². The van der Waals surface area contributed by atoms with Crippen molar-refractivity contribution < 1.29 is 0 Å². The first kappa shape index (κ1) is 16.1. The van der Waals surface area contributed by atoms with Gasteiger partial charge in [-0.15, -0.1) is 11.3 Å². The van der Waals surface area contributed by atoms with Gasteiger partial charge in [0, 0.05) is 29.9 Å². The van der Waals surface area contributed by atoms with E-state index >= 15 is 0 Å². The van der Waals surface area contributed by atoms with E-state index < -0.39 is 0 Å². The highest BCUT2D eigenvalue weighted by Gasteiger charge is 2.16. The molecule has 0 atom stereocenters. The fourth-order valence-corrected chi connectivity index (χ4v) is 3.62. The molecule has 0 unspecified atom stereocenters. The van der Waals surface area contributed by atoms with Gasteiger partial charge in [0.1, 0.15) is 10.5 Å². The number of hydrogen-bond acceptors (Lipinski definition) is 5. The van der Waals surface area contributed by atoms with Crippen molar-refractivity contribution in [2.45, 2.75) is 13.5 Å². The van der Waals surface area contributed by atoms with Crippen LogP contribution in [-0.4, -0.2) is 28.6 Å². The van der Waals surface area contributed by atoms with E-state index in [1.165, 1.54) is 11.3 Å². The molecule has 0 saturated heterocycles. The number of thiophene rings is 1. The fraction of sp³-hybridized carbons (Fsp3) is 0.167. The van der Waals surface area contributed by atoms with Crippen LogP contribution >= 0.6 is 11.3 Å². The summed E-state index contributed by atoms with van der Waals surface area (Å²) in [5.41, 5.74) is 2.79. The van der Waals surface area contributed by atoms with Crippen molar-refractivity contribution in [2.24, 2.45) is 4.99 Å². The Morgan fingerprint density at radius 3 is 2.83 bits per heavy atom. The summed E-state index contributed by atoms with van der Waals surface area (Å²) in [5, 5.41) is 0. The molecule has 0 bridgehead atoms. The third-order valence-corrected chi connectivity index (χ3v) is 4.75. The second-order valence-electron chi connectivity index (χ2n) is 5.49. The Balaban J connectivity index is 2.11. The minimum atomic E-state index is -0.0930. The van der Waals surface area contributed by atoms with Crippen LogP contribution in [0.2, 0.25) is 0 Å². The number of rotatable bonds is 5. The molecule has 0 fully saturated rings. The van der Waals surface area contributed by atoms with Gasteiger partial charge >= 0.3 is 0 Å². The monoisotopic (exact) mass is 338 g/mol. The van der Waals surface area contributed by atoms with Crippen molar-refractivity contribution in [3.63, 3.8) is 0 Å². The molecule has 24 heavy (non-hydrogen) atoms. The molecule has 0 aliphatic carbocycles. The predicted molar refractivity (Wildman–Crippen MR) is 101 cm³/mol. The fourth-order valence-electron chi connectivity index (χ4n) is 2.61. The van der Waals surface area contributed by atoms with Gasteiger partial charge in [-0.1, -0.05) is 30.3 Å². The van der Waals surface area contributed by atoms with Gasteiger partial charge in [-0.25, -0.2) is 4.98 Å². The first-order valence-electron chi connectivity index (χ1n) is 7.50.